The maximum atomic E-state index is 13.6. The van der Waals surface area contributed by atoms with Gasteiger partial charge in [0.25, 0.3) is 5.91 Å². The molecule has 166 valence electrons. The number of likely N-dealkylation sites (tertiary alicyclic amines) is 1. The van der Waals surface area contributed by atoms with Crippen molar-refractivity contribution in [3.8, 4) is 0 Å². The number of rotatable bonds is 6. The summed E-state index contributed by atoms with van der Waals surface area (Å²) >= 11 is 7.68. The van der Waals surface area contributed by atoms with Crippen LogP contribution in [0.1, 0.15) is 29.5 Å². The Labute approximate surface area is 196 Å². The van der Waals surface area contributed by atoms with Gasteiger partial charge in [-0.2, -0.15) is 0 Å². The van der Waals surface area contributed by atoms with E-state index in [4.69, 9.17) is 16.3 Å². The Morgan fingerprint density at radius 2 is 2.03 bits per heavy atom. The van der Waals surface area contributed by atoms with Crippen molar-refractivity contribution in [3.05, 3.63) is 81.8 Å². The van der Waals surface area contributed by atoms with E-state index in [1.54, 1.807) is 11.1 Å². The standard InChI is InChI=1S/C24H24ClN3O3S/c1-17-9-10-19(14-20(17)25)15-28(23-26-11-13-32-23)22(29)21-8-5-12-27(21)24(30)31-16-18-6-3-2-4-7-18/h2-4,6-7,9-11,13-14,21H,5,8,12,15-16H2,1H3. The molecule has 2 aromatic carbocycles. The Morgan fingerprint density at radius 1 is 1.22 bits per heavy atom. The molecule has 8 heteroatoms. The van der Waals surface area contributed by atoms with Gasteiger partial charge in [-0.1, -0.05) is 54.1 Å². The van der Waals surface area contributed by atoms with Crippen LogP contribution in [0.25, 0.3) is 0 Å². The first kappa shape index (κ1) is 22.3. The van der Waals surface area contributed by atoms with Gasteiger partial charge in [0.15, 0.2) is 5.13 Å². The second kappa shape index (κ2) is 10.1. The summed E-state index contributed by atoms with van der Waals surface area (Å²) in [4.78, 5) is 33.9. The Morgan fingerprint density at radius 3 is 2.75 bits per heavy atom. The average molecular weight is 470 g/mol. The summed E-state index contributed by atoms with van der Waals surface area (Å²) in [6, 6.07) is 14.7. The molecule has 1 fully saturated rings. The number of ether oxygens (including phenoxy) is 1. The zero-order valence-electron chi connectivity index (χ0n) is 17.7. The highest BCUT2D eigenvalue weighted by molar-refractivity contribution is 7.13. The number of hydrogen-bond acceptors (Lipinski definition) is 5. The lowest BCUT2D eigenvalue weighted by atomic mass is 10.1. The molecule has 1 aromatic heterocycles. The molecular weight excluding hydrogens is 446 g/mol. The number of nitrogens with zero attached hydrogens (tertiary/aromatic N) is 3. The number of carbonyl (C=O) groups excluding carboxylic acids is 2. The van der Waals surface area contributed by atoms with E-state index in [0.717, 1.165) is 23.1 Å². The minimum atomic E-state index is -0.580. The predicted octanol–water partition coefficient (Wildman–Crippen LogP) is 5.44. The Hall–Kier alpha value is -2.90. The van der Waals surface area contributed by atoms with Gasteiger partial charge in [0.05, 0.1) is 6.54 Å². The van der Waals surface area contributed by atoms with Gasteiger partial charge >= 0.3 is 6.09 Å². The zero-order chi connectivity index (χ0) is 22.5. The van der Waals surface area contributed by atoms with Crippen molar-refractivity contribution in [2.45, 2.75) is 39.0 Å². The van der Waals surface area contributed by atoms with Crippen LogP contribution >= 0.6 is 22.9 Å². The Kier molecular flexibility index (Phi) is 7.07. The van der Waals surface area contributed by atoms with Crippen LogP contribution in [-0.2, 0) is 22.7 Å². The second-order valence-corrected chi connectivity index (χ2v) is 8.99. The quantitative estimate of drug-likeness (QED) is 0.482. The maximum absolute atomic E-state index is 13.6. The van der Waals surface area contributed by atoms with Crippen molar-refractivity contribution in [2.75, 3.05) is 11.4 Å². The molecule has 1 aliphatic heterocycles. The van der Waals surface area contributed by atoms with Crippen LogP contribution in [-0.4, -0.2) is 34.5 Å². The smallest absolute Gasteiger partial charge is 0.410 e. The molecule has 1 saturated heterocycles. The fourth-order valence-electron chi connectivity index (χ4n) is 3.73. The fraction of sp³-hybridized carbons (Fsp3) is 0.292. The largest absolute Gasteiger partial charge is 0.445 e. The topological polar surface area (TPSA) is 62.7 Å². The highest BCUT2D eigenvalue weighted by atomic mass is 35.5. The van der Waals surface area contributed by atoms with Gasteiger partial charge in [0, 0.05) is 23.1 Å². The van der Waals surface area contributed by atoms with Gasteiger partial charge in [0.1, 0.15) is 12.6 Å². The normalized spacial score (nSPS) is 15.6. The summed E-state index contributed by atoms with van der Waals surface area (Å²) in [5.41, 5.74) is 2.79. The second-order valence-electron chi connectivity index (χ2n) is 7.71. The lowest BCUT2D eigenvalue weighted by molar-refractivity contribution is -0.122. The molecule has 0 spiro atoms. The minimum Gasteiger partial charge on any atom is -0.445 e. The molecule has 6 nitrogen and oxygen atoms in total. The van der Waals surface area contributed by atoms with Crippen molar-refractivity contribution in [3.63, 3.8) is 0 Å². The molecule has 4 rings (SSSR count). The molecule has 0 aliphatic carbocycles. The molecule has 1 atom stereocenters. The molecule has 0 saturated carbocycles. The number of amides is 2. The van der Waals surface area contributed by atoms with Crippen LogP contribution in [0, 0.1) is 6.92 Å². The molecule has 0 radical (unpaired) electrons. The SMILES string of the molecule is Cc1ccc(CN(C(=O)C2CCCN2C(=O)OCc2ccccc2)c2nccs2)cc1Cl. The van der Waals surface area contributed by atoms with E-state index in [0.29, 0.717) is 29.7 Å². The lowest BCUT2D eigenvalue weighted by Crippen LogP contribution is -2.48. The highest BCUT2D eigenvalue weighted by Crippen LogP contribution is 2.27. The van der Waals surface area contributed by atoms with Gasteiger partial charge in [-0.3, -0.25) is 14.6 Å². The molecule has 1 aliphatic rings. The van der Waals surface area contributed by atoms with E-state index in [-0.39, 0.29) is 12.5 Å². The van der Waals surface area contributed by atoms with Crippen molar-refractivity contribution in [1.29, 1.82) is 0 Å². The van der Waals surface area contributed by atoms with Crippen molar-refractivity contribution in [1.82, 2.24) is 9.88 Å². The van der Waals surface area contributed by atoms with Crippen LogP contribution in [0.2, 0.25) is 5.02 Å². The van der Waals surface area contributed by atoms with Crippen LogP contribution < -0.4 is 4.90 Å². The van der Waals surface area contributed by atoms with Gasteiger partial charge in [-0.15, -0.1) is 11.3 Å². The highest BCUT2D eigenvalue weighted by Gasteiger charge is 2.38. The van der Waals surface area contributed by atoms with Crippen LogP contribution in [0.3, 0.4) is 0 Å². The van der Waals surface area contributed by atoms with Crippen molar-refractivity contribution >= 4 is 40.1 Å². The molecule has 3 aromatic rings. The molecular formula is C24H24ClN3O3S. The third kappa shape index (κ3) is 5.11. The first-order valence-electron chi connectivity index (χ1n) is 10.5. The number of anilines is 1. The van der Waals surface area contributed by atoms with E-state index in [9.17, 15) is 9.59 Å². The maximum Gasteiger partial charge on any atom is 0.410 e. The van der Waals surface area contributed by atoms with Gasteiger partial charge in [0.2, 0.25) is 0 Å². The van der Waals surface area contributed by atoms with E-state index in [1.165, 1.54) is 16.2 Å². The molecule has 1 unspecified atom stereocenters. The number of aromatic nitrogens is 1. The number of halogens is 1. The predicted molar refractivity (Wildman–Crippen MR) is 126 cm³/mol. The minimum absolute atomic E-state index is 0.161. The van der Waals surface area contributed by atoms with Gasteiger partial charge < -0.3 is 4.74 Å². The Bertz CT molecular complexity index is 1080. The Balaban J connectivity index is 1.50. The number of thiazole rings is 1. The van der Waals surface area contributed by atoms with Crippen molar-refractivity contribution in [2.24, 2.45) is 0 Å². The van der Waals surface area contributed by atoms with Crippen molar-refractivity contribution < 1.29 is 14.3 Å². The fourth-order valence-corrected chi connectivity index (χ4v) is 4.58. The van der Waals surface area contributed by atoms with Crippen LogP contribution in [0.5, 0.6) is 0 Å². The lowest BCUT2D eigenvalue weighted by Gasteiger charge is -2.28. The molecule has 2 amide bonds. The third-order valence-corrected chi connectivity index (χ3v) is 6.67. The van der Waals surface area contributed by atoms with Gasteiger partial charge in [-0.05, 0) is 42.5 Å². The molecule has 32 heavy (non-hydrogen) atoms. The van der Waals surface area contributed by atoms with Crippen LogP contribution in [0.15, 0.2) is 60.1 Å². The van der Waals surface area contributed by atoms with E-state index >= 15 is 0 Å². The third-order valence-electron chi connectivity index (χ3n) is 5.47. The first-order chi connectivity index (χ1) is 15.5. The number of aryl methyl sites for hydroxylation is 1. The summed E-state index contributed by atoms with van der Waals surface area (Å²) in [7, 11) is 0. The van der Waals surface area contributed by atoms with Crippen LogP contribution in [0.4, 0.5) is 9.93 Å². The number of carbonyl (C=O) groups is 2. The average Bonchev–Trinajstić information content (AvgIpc) is 3.51. The summed E-state index contributed by atoms with van der Waals surface area (Å²) in [5.74, 6) is -0.161. The number of benzene rings is 2. The summed E-state index contributed by atoms with van der Waals surface area (Å²) in [6.45, 7) is 2.93. The zero-order valence-corrected chi connectivity index (χ0v) is 19.3. The van der Waals surface area contributed by atoms with E-state index < -0.39 is 12.1 Å². The number of hydrogen-bond donors (Lipinski definition) is 0. The first-order valence-corrected chi connectivity index (χ1v) is 11.7. The van der Waals surface area contributed by atoms with Gasteiger partial charge in [-0.25, -0.2) is 9.78 Å². The van der Waals surface area contributed by atoms with E-state index in [1.807, 2.05) is 60.8 Å². The molecule has 0 bridgehead atoms. The molecule has 2 heterocycles. The monoisotopic (exact) mass is 469 g/mol. The molecule has 0 N–H and O–H groups in total. The summed E-state index contributed by atoms with van der Waals surface area (Å²) in [5, 5.41) is 3.08. The summed E-state index contributed by atoms with van der Waals surface area (Å²) < 4.78 is 5.50. The van der Waals surface area contributed by atoms with E-state index in [2.05, 4.69) is 4.98 Å². The summed E-state index contributed by atoms with van der Waals surface area (Å²) in [6.07, 6.45) is 2.54.